The fourth-order valence-electron chi connectivity index (χ4n) is 3.79. The lowest BCUT2D eigenvalue weighted by Crippen LogP contribution is -2.40. The molecule has 0 saturated carbocycles. The minimum atomic E-state index is -0.131. The molecule has 8 heteroatoms. The van der Waals surface area contributed by atoms with Crippen LogP contribution in [0.2, 0.25) is 0 Å². The Morgan fingerprint density at radius 3 is 3.00 bits per heavy atom. The summed E-state index contributed by atoms with van der Waals surface area (Å²) >= 11 is 0. The second-order valence-corrected chi connectivity index (χ2v) is 7.48. The molecular formula is C20H26N6O2. The summed E-state index contributed by atoms with van der Waals surface area (Å²) in [6.07, 6.45) is 1.72. The number of aromatic nitrogens is 3. The standard InChI is InChI=1S/C20H26N6O2/c1-12(2)23-20(27)22-9-5-6-13-10-28-11-16-25-17-18(26(13)16)14-7-3-4-8-15(14)24-19(17)21/h3-4,7-8,12-13H,5-6,9-11H2,1-2H3,(H2,21,24)(H2,22,23,27)/t13-/m0/s1. The Labute approximate surface area is 163 Å². The number of pyridine rings is 1. The molecular weight excluding hydrogens is 356 g/mol. The van der Waals surface area contributed by atoms with E-state index >= 15 is 0 Å². The average molecular weight is 382 g/mol. The highest BCUT2D eigenvalue weighted by atomic mass is 16.5. The van der Waals surface area contributed by atoms with Gasteiger partial charge >= 0.3 is 6.03 Å². The van der Waals surface area contributed by atoms with E-state index < -0.39 is 0 Å². The molecule has 28 heavy (non-hydrogen) atoms. The summed E-state index contributed by atoms with van der Waals surface area (Å²) in [6, 6.07) is 8.13. The van der Waals surface area contributed by atoms with Crippen molar-refractivity contribution in [1.29, 1.82) is 0 Å². The Balaban J connectivity index is 1.58. The van der Waals surface area contributed by atoms with Crippen LogP contribution in [-0.2, 0) is 11.3 Å². The second kappa shape index (κ2) is 7.63. The molecule has 4 rings (SSSR count). The zero-order valence-electron chi connectivity index (χ0n) is 16.2. The predicted molar refractivity (Wildman–Crippen MR) is 109 cm³/mol. The summed E-state index contributed by atoms with van der Waals surface area (Å²) in [5.41, 5.74) is 8.82. The molecule has 3 heterocycles. The molecule has 0 bridgehead atoms. The Hall–Kier alpha value is -2.87. The third-order valence-electron chi connectivity index (χ3n) is 4.95. The molecule has 2 aromatic heterocycles. The molecule has 0 radical (unpaired) electrons. The number of fused-ring (bicyclic) bond motifs is 5. The molecule has 3 aromatic rings. The molecule has 0 unspecified atom stereocenters. The number of nitrogens with zero attached hydrogens (tertiary/aromatic N) is 3. The van der Waals surface area contributed by atoms with E-state index in [0.717, 1.165) is 40.6 Å². The van der Waals surface area contributed by atoms with Crippen molar-refractivity contribution < 1.29 is 9.53 Å². The second-order valence-electron chi connectivity index (χ2n) is 7.48. The molecule has 4 N–H and O–H groups in total. The van der Waals surface area contributed by atoms with E-state index in [9.17, 15) is 4.79 Å². The average Bonchev–Trinajstić information content (AvgIpc) is 3.06. The third kappa shape index (κ3) is 3.47. The van der Waals surface area contributed by atoms with E-state index in [0.29, 0.717) is 25.6 Å². The van der Waals surface area contributed by atoms with Gasteiger partial charge < -0.3 is 25.7 Å². The van der Waals surface area contributed by atoms with Gasteiger partial charge in [0.15, 0.2) is 5.82 Å². The van der Waals surface area contributed by atoms with Crippen LogP contribution in [0.1, 0.15) is 38.6 Å². The van der Waals surface area contributed by atoms with Gasteiger partial charge in [-0.2, -0.15) is 0 Å². The predicted octanol–water partition coefficient (Wildman–Crippen LogP) is 2.73. The number of urea groups is 1. The van der Waals surface area contributed by atoms with Gasteiger partial charge in [-0.05, 0) is 32.8 Å². The quantitative estimate of drug-likeness (QED) is 0.588. The molecule has 1 atom stereocenters. The van der Waals surface area contributed by atoms with E-state index in [4.69, 9.17) is 15.5 Å². The van der Waals surface area contributed by atoms with Crippen molar-refractivity contribution in [2.45, 2.75) is 45.4 Å². The van der Waals surface area contributed by atoms with E-state index in [2.05, 4.69) is 26.3 Å². The van der Waals surface area contributed by atoms with Crippen molar-refractivity contribution in [2.24, 2.45) is 0 Å². The first-order valence-electron chi connectivity index (χ1n) is 9.71. The molecule has 1 aromatic carbocycles. The number of nitrogens with two attached hydrogens (primary N) is 1. The minimum Gasteiger partial charge on any atom is -0.382 e. The molecule has 1 aliphatic heterocycles. The van der Waals surface area contributed by atoms with Gasteiger partial charge in [-0.3, -0.25) is 0 Å². The first-order valence-corrected chi connectivity index (χ1v) is 9.71. The lowest BCUT2D eigenvalue weighted by atomic mass is 10.1. The summed E-state index contributed by atoms with van der Waals surface area (Å²) in [6.45, 7) is 5.58. The molecule has 0 saturated heterocycles. The SMILES string of the molecule is CC(C)NC(=O)NCCC[C@H]1COCc2nc3c(N)nc4ccccc4c3n21. The number of benzene rings is 1. The summed E-state index contributed by atoms with van der Waals surface area (Å²) in [4.78, 5) is 20.9. The number of amides is 2. The largest absolute Gasteiger partial charge is 0.382 e. The first-order chi connectivity index (χ1) is 13.5. The van der Waals surface area contributed by atoms with Gasteiger partial charge in [0.1, 0.15) is 17.9 Å². The van der Waals surface area contributed by atoms with Crippen molar-refractivity contribution in [2.75, 3.05) is 18.9 Å². The highest BCUT2D eigenvalue weighted by Crippen LogP contribution is 2.34. The maximum absolute atomic E-state index is 11.7. The highest BCUT2D eigenvalue weighted by molar-refractivity contribution is 6.06. The van der Waals surface area contributed by atoms with E-state index in [1.807, 2.05) is 32.0 Å². The first kappa shape index (κ1) is 18.5. The van der Waals surface area contributed by atoms with Crippen LogP contribution in [0.4, 0.5) is 10.6 Å². The third-order valence-corrected chi connectivity index (χ3v) is 4.95. The number of hydrogen-bond acceptors (Lipinski definition) is 5. The Bertz CT molecular complexity index is 1010. The number of rotatable bonds is 5. The van der Waals surface area contributed by atoms with Crippen molar-refractivity contribution in [1.82, 2.24) is 25.2 Å². The topological polar surface area (TPSA) is 107 Å². The number of hydrogen-bond donors (Lipinski definition) is 3. The summed E-state index contributed by atoms with van der Waals surface area (Å²) in [5.74, 6) is 1.32. The van der Waals surface area contributed by atoms with Gasteiger partial charge in [-0.1, -0.05) is 18.2 Å². The van der Waals surface area contributed by atoms with Crippen LogP contribution in [0.15, 0.2) is 24.3 Å². The number of para-hydroxylation sites is 1. The van der Waals surface area contributed by atoms with Gasteiger partial charge in [0.25, 0.3) is 0 Å². The summed E-state index contributed by atoms with van der Waals surface area (Å²) in [7, 11) is 0. The van der Waals surface area contributed by atoms with Crippen LogP contribution >= 0.6 is 0 Å². The number of ether oxygens (including phenoxy) is 1. The van der Waals surface area contributed by atoms with Crippen molar-refractivity contribution >= 4 is 33.8 Å². The number of carbonyl (C=O) groups is 1. The van der Waals surface area contributed by atoms with Crippen LogP contribution in [0.25, 0.3) is 21.9 Å². The van der Waals surface area contributed by atoms with Gasteiger partial charge in [-0.25, -0.2) is 14.8 Å². The molecule has 8 nitrogen and oxygen atoms in total. The molecule has 1 aliphatic rings. The lowest BCUT2D eigenvalue weighted by Gasteiger charge is -2.26. The number of imidazole rings is 1. The van der Waals surface area contributed by atoms with Crippen molar-refractivity contribution in [3.8, 4) is 0 Å². The number of anilines is 1. The lowest BCUT2D eigenvalue weighted by molar-refractivity contribution is 0.0534. The van der Waals surface area contributed by atoms with Gasteiger partial charge in [0.05, 0.1) is 23.7 Å². The van der Waals surface area contributed by atoms with Gasteiger partial charge in [0, 0.05) is 18.0 Å². The van der Waals surface area contributed by atoms with Crippen LogP contribution in [0.5, 0.6) is 0 Å². The van der Waals surface area contributed by atoms with Crippen molar-refractivity contribution in [3.05, 3.63) is 30.1 Å². The van der Waals surface area contributed by atoms with E-state index in [1.165, 1.54) is 0 Å². The number of carbonyl (C=O) groups excluding carboxylic acids is 1. The molecule has 148 valence electrons. The normalized spacial score (nSPS) is 16.5. The summed E-state index contributed by atoms with van der Waals surface area (Å²) in [5, 5.41) is 6.78. The highest BCUT2D eigenvalue weighted by Gasteiger charge is 2.26. The molecule has 0 spiro atoms. The van der Waals surface area contributed by atoms with Gasteiger partial charge in [-0.15, -0.1) is 0 Å². The van der Waals surface area contributed by atoms with Crippen LogP contribution in [0.3, 0.4) is 0 Å². The minimum absolute atomic E-state index is 0.124. The Morgan fingerprint density at radius 2 is 2.18 bits per heavy atom. The zero-order chi connectivity index (χ0) is 19.7. The Kier molecular flexibility index (Phi) is 5.04. The maximum Gasteiger partial charge on any atom is 0.314 e. The number of nitrogens with one attached hydrogen (secondary N) is 2. The van der Waals surface area contributed by atoms with Crippen LogP contribution in [0, 0.1) is 0 Å². The van der Waals surface area contributed by atoms with Crippen LogP contribution in [-0.4, -0.2) is 39.8 Å². The molecule has 2 amide bonds. The zero-order valence-corrected chi connectivity index (χ0v) is 16.2. The fraction of sp³-hybridized carbons (Fsp3) is 0.450. The smallest absolute Gasteiger partial charge is 0.314 e. The van der Waals surface area contributed by atoms with Crippen LogP contribution < -0.4 is 16.4 Å². The van der Waals surface area contributed by atoms with E-state index in [1.54, 1.807) is 0 Å². The van der Waals surface area contributed by atoms with Crippen molar-refractivity contribution in [3.63, 3.8) is 0 Å². The monoisotopic (exact) mass is 382 g/mol. The summed E-state index contributed by atoms with van der Waals surface area (Å²) < 4.78 is 8.03. The van der Waals surface area contributed by atoms with E-state index in [-0.39, 0.29) is 18.1 Å². The Morgan fingerprint density at radius 1 is 1.36 bits per heavy atom. The number of nitrogen functional groups attached to an aromatic ring is 1. The fourth-order valence-corrected chi connectivity index (χ4v) is 3.79. The molecule has 0 aliphatic carbocycles. The maximum atomic E-state index is 11.7. The van der Waals surface area contributed by atoms with Gasteiger partial charge in [0.2, 0.25) is 0 Å². The molecule has 0 fully saturated rings.